The number of rotatable bonds is 2. The molecule has 2 unspecified atom stereocenters. The molecule has 0 radical (unpaired) electrons. The molecule has 0 amide bonds. The van der Waals surface area contributed by atoms with Crippen molar-refractivity contribution in [2.45, 2.75) is 89.3 Å². The molecule has 0 aliphatic heterocycles. The van der Waals surface area contributed by atoms with Crippen LogP contribution in [0.4, 0.5) is 0 Å². The molecule has 2 atom stereocenters. The molecular formula is C23H33Br. The summed E-state index contributed by atoms with van der Waals surface area (Å²) in [5.41, 5.74) is 7.64. The van der Waals surface area contributed by atoms with Gasteiger partial charge in [-0.15, -0.1) is 0 Å². The van der Waals surface area contributed by atoms with Gasteiger partial charge in [-0.2, -0.15) is 0 Å². The maximum atomic E-state index is 3.76. The van der Waals surface area contributed by atoms with E-state index >= 15 is 0 Å². The van der Waals surface area contributed by atoms with Gasteiger partial charge in [-0.3, -0.25) is 0 Å². The average Bonchev–Trinajstić information content (AvgIpc) is 2.43. The van der Waals surface area contributed by atoms with Gasteiger partial charge >= 0.3 is 0 Å². The van der Waals surface area contributed by atoms with E-state index in [2.05, 4.69) is 62.7 Å². The first-order chi connectivity index (χ1) is 11.1. The maximum absolute atomic E-state index is 3.76. The van der Waals surface area contributed by atoms with Crippen LogP contribution in [0.5, 0.6) is 0 Å². The van der Waals surface area contributed by atoms with Crippen LogP contribution in [0.15, 0.2) is 12.1 Å². The first kappa shape index (κ1) is 17.1. The van der Waals surface area contributed by atoms with Crippen LogP contribution in [0.25, 0.3) is 0 Å². The van der Waals surface area contributed by atoms with Gasteiger partial charge in [0.25, 0.3) is 0 Å². The highest BCUT2D eigenvalue weighted by atomic mass is 79.9. The predicted octanol–water partition coefficient (Wildman–Crippen LogP) is 7.05. The molecule has 132 valence electrons. The molecule has 0 heterocycles. The topological polar surface area (TPSA) is 0 Å². The molecule has 0 nitrogen and oxygen atoms in total. The molecule has 0 aromatic heterocycles. The molecule has 4 bridgehead atoms. The number of benzene rings is 1. The monoisotopic (exact) mass is 388 g/mol. The third kappa shape index (κ3) is 2.61. The zero-order valence-electron chi connectivity index (χ0n) is 16.1. The fraction of sp³-hybridized carbons (Fsp3) is 0.739. The summed E-state index contributed by atoms with van der Waals surface area (Å²) in [4.78, 5) is 0. The minimum Gasteiger partial charge on any atom is -0.0876 e. The van der Waals surface area contributed by atoms with Crippen LogP contribution >= 0.6 is 15.9 Å². The summed E-state index contributed by atoms with van der Waals surface area (Å²) in [5.74, 6) is 1.97. The minimum atomic E-state index is 0.228. The lowest BCUT2D eigenvalue weighted by atomic mass is 9.43. The van der Waals surface area contributed by atoms with Crippen LogP contribution in [0, 0.1) is 24.2 Å². The highest BCUT2D eigenvalue weighted by Crippen LogP contribution is 2.66. The van der Waals surface area contributed by atoms with E-state index in [1.165, 1.54) is 49.7 Å². The standard InChI is InChI=1S/C23H33Br/c1-15-18(13-24)7-19(21(2,3)4)8-20(15)23-11-16-6-17(12-23)10-22(5,9-16)14-23/h7-8,16-17H,6,9-14H2,1-5H3. The van der Waals surface area contributed by atoms with Crippen LogP contribution in [-0.2, 0) is 16.2 Å². The van der Waals surface area contributed by atoms with Gasteiger partial charge in [0.2, 0.25) is 0 Å². The fourth-order valence-corrected chi connectivity index (χ4v) is 7.51. The van der Waals surface area contributed by atoms with E-state index in [0.717, 1.165) is 17.2 Å². The average molecular weight is 389 g/mol. The molecule has 0 N–H and O–H groups in total. The van der Waals surface area contributed by atoms with E-state index in [1.54, 1.807) is 11.1 Å². The summed E-state index contributed by atoms with van der Waals surface area (Å²) < 4.78 is 0. The number of alkyl halides is 1. The Hall–Kier alpha value is -0.300. The van der Waals surface area contributed by atoms with Gasteiger partial charge in [0.05, 0.1) is 0 Å². The second kappa shape index (κ2) is 5.35. The van der Waals surface area contributed by atoms with Crippen LogP contribution < -0.4 is 0 Å². The van der Waals surface area contributed by atoms with Crippen molar-refractivity contribution >= 4 is 15.9 Å². The van der Waals surface area contributed by atoms with E-state index in [9.17, 15) is 0 Å². The summed E-state index contributed by atoms with van der Waals surface area (Å²) in [6.07, 6.45) is 8.84. The number of hydrogen-bond donors (Lipinski definition) is 0. The molecule has 0 spiro atoms. The Kier molecular flexibility index (Phi) is 3.82. The normalized spacial score (nSPS) is 37.9. The molecule has 4 aliphatic carbocycles. The summed E-state index contributed by atoms with van der Waals surface area (Å²) >= 11 is 3.76. The molecule has 4 saturated carbocycles. The first-order valence-corrected chi connectivity index (χ1v) is 11.0. The molecule has 4 aliphatic rings. The smallest absolute Gasteiger partial charge is 0.0285 e. The van der Waals surface area contributed by atoms with Crippen molar-refractivity contribution < 1.29 is 0 Å². The highest BCUT2D eigenvalue weighted by Gasteiger charge is 2.56. The Morgan fingerprint density at radius 3 is 2.21 bits per heavy atom. The van der Waals surface area contributed by atoms with Crippen molar-refractivity contribution in [1.29, 1.82) is 0 Å². The Bertz CT molecular complexity index is 649. The van der Waals surface area contributed by atoms with Gasteiger partial charge < -0.3 is 0 Å². The van der Waals surface area contributed by atoms with E-state index in [-0.39, 0.29) is 5.41 Å². The van der Waals surface area contributed by atoms with Crippen molar-refractivity contribution in [3.63, 3.8) is 0 Å². The third-order valence-electron chi connectivity index (χ3n) is 7.45. The quantitative estimate of drug-likeness (QED) is 0.476. The van der Waals surface area contributed by atoms with Gasteiger partial charge in [0.15, 0.2) is 0 Å². The zero-order valence-corrected chi connectivity index (χ0v) is 17.7. The molecular weight excluding hydrogens is 356 g/mol. The van der Waals surface area contributed by atoms with Crippen molar-refractivity contribution in [2.75, 3.05) is 0 Å². The molecule has 4 fully saturated rings. The first-order valence-electron chi connectivity index (χ1n) is 9.85. The molecule has 5 rings (SSSR count). The van der Waals surface area contributed by atoms with Crippen LogP contribution in [0.1, 0.15) is 88.5 Å². The van der Waals surface area contributed by atoms with Crippen molar-refractivity contribution in [3.05, 3.63) is 34.4 Å². The molecule has 1 heteroatoms. The number of hydrogen-bond acceptors (Lipinski definition) is 0. The van der Waals surface area contributed by atoms with Crippen LogP contribution in [0.2, 0.25) is 0 Å². The summed E-state index contributed by atoms with van der Waals surface area (Å²) in [5, 5.41) is 0.982. The van der Waals surface area contributed by atoms with E-state index in [0.29, 0.717) is 10.8 Å². The molecule has 24 heavy (non-hydrogen) atoms. The second-order valence-corrected chi connectivity index (χ2v) is 11.3. The Morgan fingerprint density at radius 2 is 1.71 bits per heavy atom. The predicted molar refractivity (Wildman–Crippen MR) is 107 cm³/mol. The lowest BCUT2D eigenvalue weighted by molar-refractivity contribution is -0.0618. The van der Waals surface area contributed by atoms with Crippen molar-refractivity contribution in [2.24, 2.45) is 17.3 Å². The van der Waals surface area contributed by atoms with Crippen LogP contribution in [-0.4, -0.2) is 0 Å². The van der Waals surface area contributed by atoms with Gasteiger partial charge in [-0.25, -0.2) is 0 Å². The summed E-state index contributed by atoms with van der Waals surface area (Å²) in [6, 6.07) is 5.06. The van der Waals surface area contributed by atoms with Gasteiger partial charge in [0.1, 0.15) is 0 Å². The third-order valence-corrected chi connectivity index (χ3v) is 8.05. The zero-order chi connectivity index (χ0) is 17.3. The largest absolute Gasteiger partial charge is 0.0876 e. The molecule has 1 aromatic rings. The van der Waals surface area contributed by atoms with Crippen molar-refractivity contribution in [3.8, 4) is 0 Å². The summed E-state index contributed by atoms with van der Waals surface area (Å²) in [6.45, 7) is 12.1. The Labute approximate surface area is 156 Å². The summed E-state index contributed by atoms with van der Waals surface area (Å²) in [7, 11) is 0. The highest BCUT2D eigenvalue weighted by molar-refractivity contribution is 9.08. The SMILES string of the molecule is Cc1c(CBr)cc(C(C)(C)C)cc1C12CC3CC(CC(C)(C3)C1)C2. The minimum absolute atomic E-state index is 0.228. The lowest BCUT2D eigenvalue weighted by Crippen LogP contribution is -2.53. The van der Waals surface area contributed by atoms with E-state index in [1.807, 2.05) is 0 Å². The van der Waals surface area contributed by atoms with Gasteiger partial charge in [-0.1, -0.05) is 55.8 Å². The molecule has 1 aromatic carbocycles. The van der Waals surface area contributed by atoms with Gasteiger partial charge in [-0.05, 0) is 95.8 Å². The molecule has 0 saturated heterocycles. The van der Waals surface area contributed by atoms with Crippen LogP contribution in [0.3, 0.4) is 0 Å². The maximum Gasteiger partial charge on any atom is 0.0285 e. The lowest BCUT2D eigenvalue weighted by Gasteiger charge is -2.62. The second-order valence-electron chi connectivity index (χ2n) is 10.7. The fourth-order valence-electron chi connectivity index (χ4n) is 6.93. The Morgan fingerprint density at radius 1 is 1.08 bits per heavy atom. The number of halogens is 1. The van der Waals surface area contributed by atoms with E-state index in [4.69, 9.17) is 0 Å². The van der Waals surface area contributed by atoms with Crippen molar-refractivity contribution in [1.82, 2.24) is 0 Å². The van der Waals surface area contributed by atoms with E-state index < -0.39 is 0 Å². The van der Waals surface area contributed by atoms with Gasteiger partial charge in [0, 0.05) is 5.33 Å². The Balaban J connectivity index is 1.87.